The normalized spacial score (nSPS) is 18.7. The lowest BCUT2D eigenvalue weighted by Crippen LogP contribution is -2.57. The first-order valence-electron chi connectivity index (χ1n) is 12.5. The van der Waals surface area contributed by atoms with Crippen LogP contribution in [0.25, 0.3) is 0 Å². The van der Waals surface area contributed by atoms with Gasteiger partial charge in [0.05, 0.1) is 17.5 Å². The number of phosphoric acid groups is 1. The third-order valence-corrected chi connectivity index (χ3v) is 8.72. The Morgan fingerprint density at radius 3 is 2.31 bits per heavy atom. The van der Waals surface area contributed by atoms with Crippen LogP contribution < -0.4 is 11.5 Å². The van der Waals surface area contributed by atoms with Gasteiger partial charge in [-0.05, 0) is 42.2 Å². The fraction of sp³-hybridized carbons (Fsp3) is 0.480. The Kier molecular flexibility index (Phi) is 10.5. The van der Waals surface area contributed by atoms with Gasteiger partial charge in [-0.2, -0.15) is 4.31 Å². The van der Waals surface area contributed by atoms with E-state index in [1.807, 2.05) is 13.8 Å². The molecule has 1 fully saturated rings. The van der Waals surface area contributed by atoms with Crippen LogP contribution in [0.1, 0.15) is 25.8 Å². The molecule has 14 heteroatoms. The van der Waals surface area contributed by atoms with E-state index < -0.39 is 48.1 Å². The Morgan fingerprint density at radius 1 is 1.15 bits per heavy atom. The Labute approximate surface area is 228 Å². The maximum Gasteiger partial charge on any atom is 0.470 e. The number of carbonyl (C=O) groups is 1. The average molecular weight is 586 g/mol. The number of amides is 1. The number of phosphoric ester groups is 1. The summed E-state index contributed by atoms with van der Waals surface area (Å²) in [6.45, 7) is 4.01. The van der Waals surface area contributed by atoms with E-state index in [-0.39, 0.29) is 30.4 Å². The minimum atomic E-state index is -5.23. The van der Waals surface area contributed by atoms with E-state index in [9.17, 15) is 27.6 Å². The molecule has 0 bridgehead atoms. The van der Waals surface area contributed by atoms with Gasteiger partial charge in [0.25, 0.3) is 0 Å². The highest BCUT2D eigenvalue weighted by Gasteiger charge is 2.49. The summed E-state index contributed by atoms with van der Waals surface area (Å²) in [6.07, 6.45) is -3.82. The molecule has 0 spiro atoms. The number of benzene rings is 2. The molecular weight excluding hydrogens is 549 g/mol. The summed E-state index contributed by atoms with van der Waals surface area (Å²) in [5.74, 6) is -0.739. The van der Waals surface area contributed by atoms with Crippen LogP contribution in [0, 0.1) is 11.8 Å². The van der Waals surface area contributed by atoms with Crippen molar-refractivity contribution in [2.45, 2.75) is 49.8 Å². The molecule has 1 saturated heterocycles. The molecule has 1 aliphatic rings. The van der Waals surface area contributed by atoms with Gasteiger partial charge in [0.1, 0.15) is 12.2 Å². The van der Waals surface area contributed by atoms with E-state index in [1.54, 1.807) is 30.3 Å². The first-order chi connectivity index (χ1) is 18.3. The Bertz CT molecular complexity index is 1230. The number of nitrogen functional groups attached to an aromatic ring is 1. The van der Waals surface area contributed by atoms with E-state index in [2.05, 4.69) is 0 Å². The molecule has 0 aliphatic carbocycles. The van der Waals surface area contributed by atoms with Gasteiger partial charge in [0.2, 0.25) is 10.0 Å². The number of nitrogens with zero attached hydrogens (tertiary/aromatic N) is 1. The highest BCUT2D eigenvalue weighted by Crippen LogP contribution is 2.43. The molecule has 1 amide bonds. The second-order valence-corrected chi connectivity index (χ2v) is 13.0. The van der Waals surface area contributed by atoms with Crippen LogP contribution in [0.15, 0.2) is 59.5 Å². The van der Waals surface area contributed by atoms with Crippen molar-refractivity contribution < 1.29 is 41.6 Å². The molecule has 3 rings (SSSR count). The molecule has 0 saturated carbocycles. The summed E-state index contributed by atoms with van der Waals surface area (Å²) in [5.41, 5.74) is 12.2. The molecule has 2 aromatic carbocycles. The van der Waals surface area contributed by atoms with Gasteiger partial charge in [-0.1, -0.05) is 44.2 Å². The third kappa shape index (κ3) is 8.74. The zero-order valence-corrected chi connectivity index (χ0v) is 23.5. The lowest BCUT2D eigenvalue weighted by molar-refractivity contribution is -0.0423. The van der Waals surface area contributed by atoms with Crippen molar-refractivity contribution in [1.82, 2.24) is 4.31 Å². The molecule has 216 valence electrons. The molecular formula is C25H36N3O9PS. The summed E-state index contributed by atoms with van der Waals surface area (Å²) in [6, 6.07) is 13.2. The van der Waals surface area contributed by atoms with Crippen LogP contribution in [0.5, 0.6) is 0 Å². The van der Waals surface area contributed by atoms with Gasteiger partial charge in [0.15, 0.2) is 0 Å². The van der Waals surface area contributed by atoms with Crippen molar-refractivity contribution in [3.05, 3.63) is 60.2 Å². The van der Waals surface area contributed by atoms with Gasteiger partial charge in [-0.15, -0.1) is 0 Å². The van der Waals surface area contributed by atoms with E-state index in [4.69, 9.17) is 25.5 Å². The van der Waals surface area contributed by atoms with Gasteiger partial charge < -0.3 is 30.7 Å². The lowest BCUT2D eigenvalue weighted by Gasteiger charge is -2.42. The predicted octanol–water partition coefficient (Wildman–Crippen LogP) is 2.51. The molecule has 2 aromatic rings. The molecule has 0 radical (unpaired) electrons. The van der Waals surface area contributed by atoms with Crippen LogP contribution in [-0.2, 0) is 35.0 Å². The first-order valence-corrected chi connectivity index (χ1v) is 15.4. The summed E-state index contributed by atoms with van der Waals surface area (Å²) >= 11 is 0. The van der Waals surface area contributed by atoms with Crippen molar-refractivity contribution >= 4 is 29.6 Å². The molecule has 12 nitrogen and oxygen atoms in total. The van der Waals surface area contributed by atoms with Crippen LogP contribution >= 0.6 is 7.82 Å². The fourth-order valence-corrected chi connectivity index (χ4v) is 7.17. The Hall–Kier alpha value is -2.51. The quantitative estimate of drug-likeness (QED) is 0.201. The van der Waals surface area contributed by atoms with Crippen LogP contribution in [0.2, 0.25) is 0 Å². The topological polar surface area (TPSA) is 192 Å². The van der Waals surface area contributed by atoms with Crippen molar-refractivity contribution in [2.75, 3.05) is 25.5 Å². The van der Waals surface area contributed by atoms with E-state index in [0.717, 1.165) is 0 Å². The smallest absolute Gasteiger partial charge is 0.443 e. The molecule has 39 heavy (non-hydrogen) atoms. The van der Waals surface area contributed by atoms with Gasteiger partial charge >= 0.3 is 13.9 Å². The Balaban J connectivity index is 2.21. The lowest BCUT2D eigenvalue weighted by atomic mass is 9.88. The minimum absolute atomic E-state index is 0.0243. The summed E-state index contributed by atoms with van der Waals surface area (Å²) in [5, 5.41) is 0. The average Bonchev–Trinajstić information content (AvgIpc) is 3.37. The van der Waals surface area contributed by atoms with Gasteiger partial charge in [0, 0.05) is 31.2 Å². The number of ether oxygens (including phenoxy) is 2. The molecule has 1 unspecified atom stereocenters. The van der Waals surface area contributed by atoms with Crippen LogP contribution in [0.4, 0.5) is 10.5 Å². The summed E-state index contributed by atoms with van der Waals surface area (Å²) in [7, 11) is -9.50. The third-order valence-electron chi connectivity index (χ3n) is 6.32. The predicted molar refractivity (Wildman–Crippen MR) is 144 cm³/mol. The van der Waals surface area contributed by atoms with Crippen LogP contribution in [0.3, 0.4) is 0 Å². The summed E-state index contributed by atoms with van der Waals surface area (Å²) < 4.78 is 58.0. The highest BCUT2D eigenvalue weighted by molar-refractivity contribution is 7.89. The molecule has 6 N–H and O–H groups in total. The Morgan fingerprint density at radius 2 is 1.79 bits per heavy atom. The largest absolute Gasteiger partial charge is 0.470 e. The van der Waals surface area contributed by atoms with Gasteiger partial charge in [-0.3, -0.25) is 4.52 Å². The van der Waals surface area contributed by atoms with Crippen molar-refractivity contribution in [1.29, 1.82) is 0 Å². The van der Waals surface area contributed by atoms with Crippen molar-refractivity contribution in [3.8, 4) is 0 Å². The fourth-order valence-electron chi connectivity index (χ4n) is 4.73. The summed E-state index contributed by atoms with van der Waals surface area (Å²) in [4.78, 5) is 31.8. The number of primary amides is 1. The standard InChI is InChI=1S/C25H36N3O9PS/c1-17(2)15-28(39(33,34)21-10-8-20(26)9-11-21)23(19-12-13-35-16-19)24(37-38(30,31)32)22(36-25(27)29)14-18-6-4-3-5-7-18/h3-11,17,19,22-24H,12-16,26H2,1-2H3,(H2,27,29)(H2,30,31,32)/t19-,22+,23?,24-/m1/s1. The first kappa shape index (κ1) is 31.0. The highest BCUT2D eigenvalue weighted by atomic mass is 32.2. The number of sulfonamides is 1. The van der Waals surface area contributed by atoms with E-state index >= 15 is 0 Å². The van der Waals surface area contributed by atoms with Crippen molar-refractivity contribution in [3.63, 3.8) is 0 Å². The van der Waals surface area contributed by atoms with E-state index in [0.29, 0.717) is 24.3 Å². The second kappa shape index (κ2) is 13.2. The monoisotopic (exact) mass is 585 g/mol. The van der Waals surface area contributed by atoms with Crippen LogP contribution in [-0.4, -0.2) is 66.6 Å². The van der Waals surface area contributed by atoms with Gasteiger partial charge in [-0.25, -0.2) is 17.8 Å². The minimum Gasteiger partial charge on any atom is -0.443 e. The maximum atomic E-state index is 14.1. The molecule has 0 aromatic heterocycles. The SMILES string of the molecule is CC(C)CN(C([C@@H]1CCOC1)[C@H](OP(=O)(O)O)[C@H](Cc1ccccc1)OC(N)=O)S(=O)(=O)c1ccc(N)cc1. The molecule has 1 aliphatic heterocycles. The number of carbonyl (C=O) groups excluding carboxylic acids is 1. The number of hydrogen-bond acceptors (Lipinski definition) is 8. The zero-order valence-electron chi connectivity index (χ0n) is 21.8. The number of rotatable bonds is 13. The number of nitrogens with two attached hydrogens (primary N) is 2. The van der Waals surface area contributed by atoms with Crippen molar-refractivity contribution in [2.24, 2.45) is 17.6 Å². The zero-order chi connectivity index (χ0) is 28.8. The second-order valence-electron chi connectivity index (χ2n) is 9.88. The number of hydrogen-bond donors (Lipinski definition) is 4. The van der Waals surface area contributed by atoms with E-state index in [1.165, 1.54) is 28.6 Å². The molecule has 4 atom stereocenters. The molecule has 1 heterocycles. The maximum absolute atomic E-state index is 14.1. The number of anilines is 1.